The smallest absolute Gasteiger partial charge is 0.253 e. The fourth-order valence-electron chi connectivity index (χ4n) is 4.14. The average Bonchev–Trinajstić information content (AvgIpc) is 3.32. The average molecular weight is 330 g/mol. The highest BCUT2D eigenvalue weighted by Gasteiger charge is 2.26. The van der Waals surface area contributed by atoms with Crippen molar-refractivity contribution in [3.05, 3.63) is 28.4 Å². The molecule has 0 spiro atoms. The molecule has 1 saturated carbocycles. The molecule has 0 bridgehead atoms. The Hall–Kier alpha value is -1.20. The van der Waals surface area contributed by atoms with Gasteiger partial charge in [-0.1, -0.05) is 0 Å². The van der Waals surface area contributed by atoms with Crippen LogP contribution in [0.2, 0.25) is 0 Å². The lowest BCUT2D eigenvalue weighted by molar-refractivity contribution is 0.155. The van der Waals surface area contributed by atoms with Crippen LogP contribution in [0.1, 0.15) is 50.1 Å². The van der Waals surface area contributed by atoms with Crippen LogP contribution in [-0.4, -0.2) is 58.6 Å². The summed E-state index contributed by atoms with van der Waals surface area (Å²) in [6.07, 6.45) is 9.36. The highest BCUT2D eigenvalue weighted by Crippen LogP contribution is 2.38. The first-order chi connectivity index (χ1) is 11.8. The summed E-state index contributed by atoms with van der Waals surface area (Å²) in [5.74, 6) is 1.19. The van der Waals surface area contributed by atoms with Gasteiger partial charge in [0.05, 0.1) is 12.0 Å². The van der Waals surface area contributed by atoms with E-state index in [1.807, 2.05) is 4.57 Å². The Bertz CT molecular complexity index is 596. The zero-order valence-corrected chi connectivity index (χ0v) is 14.7. The van der Waals surface area contributed by atoms with Gasteiger partial charge in [-0.15, -0.1) is 0 Å². The molecule has 132 valence electrons. The Kier molecular flexibility index (Phi) is 4.99. The van der Waals surface area contributed by atoms with Gasteiger partial charge >= 0.3 is 0 Å². The van der Waals surface area contributed by atoms with Gasteiger partial charge in [0.15, 0.2) is 0 Å². The number of likely N-dealkylation sites (tertiary alicyclic amines) is 2. The van der Waals surface area contributed by atoms with Crippen molar-refractivity contribution < 1.29 is 0 Å². The van der Waals surface area contributed by atoms with Crippen molar-refractivity contribution in [3.63, 3.8) is 0 Å². The monoisotopic (exact) mass is 330 g/mol. The van der Waals surface area contributed by atoms with E-state index in [2.05, 4.69) is 14.8 Å². The van der Waals surface area contributed by atoms with Crippen LogP contribution in [0.15, 0.2) is 17.2 Å². The molecule has 3 aliphatic rings. The number of rotatable bonds is 6. The highest BCUT2D eigenvalue weighted by molar-refractivity contribution is 5.12. The van der Waals surface area contributed by atoms with Gasteiger partial charge in [0.2, 0.25) is 0 Å². The first kappa shape index (κ1) is 16.3. The van der Waals surface area contributed by atoms with Gasteiger partial charge in [-0.3, -0.25) is 9.36 Å². The number of hydrogen-bond donors (Lipinski definition) is 0. The van der Waals surface area contributed by atoms with Crippen LogP contribution in [0.4, 0.5) is 0 Å². The maximum absolute atomic E-state index is 12.3. The van der Waals surface area contributed by atoms with E-state index in [1.54, 1.807) is 12.4 Å². The van der Waals surface area contributed by atoms with Gasteiger partial charge in [-0.05, 0) is 70.6 Å². The van der Waals surface area contributed by atoms with E-state index in [0.29, 0.717) is 11.8 Å². The standard InChI is InChI=1S/C19H30N4O/c24-19-13-18(17-3-4-17)20-15-23(19)14-16-5-9-22(10-6-16)12-11-21-7-1-2-8-21/h13,15-17H,1-12,14H2. The summed E-state index contributed by atoms with van der Waals surface area (Å²) < 4.78 is 1.83. The summed E-state index contributed by atoms with van der Waals surface area (Å²) in [5, 5.41) is 0. The Morgan fingerprint density at radius 3 is 2.25 bits per heavy atom. The van der Waals surface area contributed by atoms with E-state index in [4.69, 9.17) is 0 Å². The van der Waals surface area contributed by atoms with Crippen LogP contribution in [0.3, 0.4) is 0 Å². The number of hydrogen-bond acceptors (Lipinski definition) is 4. The molecule has 3 heterocycles. The Morgan fingerprint density at radius 1 is 0.958 bits per heavy atom. The largest absolute Gasteiger partial charge is 0.302 e. The summed E-state index contributed by atoms with van der Waals surface area (Å²) in [4.78, 5) is 22.0. The van der Waals surface area contributed by atoms with Crippen molar-refractivity contribution in [2.75, 3.05) is 39.3 Å². The van der Waals surface area contributed by atoms with E-state index >= 15 is 0 Å². The molecule has 0 N–H and O–H groups in total. The van der Waals surface area contributed by atoms with Gasteiger partial charge < -0.3 is 9.80 Å². The van der Waals surface area contributed by atoms with E-state index in [1.165, 1.54) is 77.8 Å². The van der Waals surface area contributed by atoms with Crippen molar-refractivity contribution in [3.8, 4) is 0 Å². The van der Waals surface area contributed by atoms with Crippen molar-refractivity contribution in [1.29, 1.82) is 0 Å². The third kappa shape index (κ3) is 4.06. The lowest BCUT2D eigenvalue weighted by Crippen LogP contribution is -2.40. The normalized spacial score (nSPS) is 23.8. The molecule has 5 nitrogen and oxygen atoms in total. The summed E-state index contributed by atoms with van der Waals surface area (Å²) >= 11 is 0. The van der Waals surface area contributed by atoms with Crippen LogP contribution in [-0.2, 0) is 6.54 Å². The minimum Gasteiger partial charge on any atom is -0.302 e. The molecule has 2 aliphatic heterocycles. The molecule has 0 aromatic carbocycles. The van der Waals surface area contributed by atoms with E-state index < -0.39 is 0 Å². The van der Waals surface area contributed by atoms with Gasteiger partial charge in [-0.25, -0.2) is 4.98 Å². The molecule has 2 saturated heterocycles. The van der Waals surface area contributed by atoms with Gasteiger partial charge in [0.25, 0.3) is 5.56 Å². The van der Waals surface area contributed by atoms with Crippen molar-refractivity contribution in [2.24, 2.45) is 5.92 Å². The van der Waals surface area contributed by atoms with Crippen molar-refractivity contribution in [2.45, 2.75) is 51.0 Å². The quantitative estimate of drug-likeness (QED) is 0.799. The molecular weight excluding hydrogens is 300 g/mol. The molecule has 0 amide bonds. The summed E-state index contributed by atoms with van der Waals surface area (Å²) in [5.41, 5.74) is 1.15. The number of nitrogens with zero attached hydrogens (tertiary/aromatic N) is 4. The van der Waals surface area contributed by atoms with E-state index in [9.17, 15) is 4.79 Å². The second kappa shape index (κ2) is 7.36. The Morgan fingerprint density at radius 2 is 1.62 bits per heavy atom. The third-order valence-electron chi connectivity index (χ3n) is 5.99. The first-order valence-electron chi connectivity index (χ1n) is 9.79. The second-order valence-electron chi connectivity index (χ2n) is 7.91. The molecule has 0 atom stereocenters. The molecule has 0 radical (unpaired) electrons. The fourth-order valence-corrected chi connectivity index (χ4v) is 4.14. The predicted molar refractivity (Wildman–Crippen MR) is 95.3 cm³/mol. The van der Waals surface area contributed by atoms with E-state index in [-0.39, 0.29) is 5.56 Å². The Labute approximate surface area is 144 Å². The second-order valence-corrected chi connectivity index (χ2v) is 7.91. The van der Waals surface area contributed by atoms with E-state index in [0.717, 1.165) is 12.2 Å². The van der Waals surface area contributed by atoms with Crippen LogP contribution in [0.25, 0.3) is 0 Å². The number of piperidine rings is 1. The lowest BCUT2D eigenvalue weighted by atomic mass is 9.96. The van der Waals surface area contributed by atoms with Crippen LogP contribution in [0.5, 0.6) is 0 Å². The zero-order valence-electron chi connectivity index (χ0n) is 14.7. The molecule has 1 aromatic rings. The Balaban J connectivity index is 1.23. The highest BCUT2D eigenvalue weighted by atomic mass is 16.1. The van der Waals surface area contributed by atoms with Crippen molar-refractivity contribution >= 4 is 0 Å². The maximum atomic E-state index is 12.3. The van der Waals surface area contributed by atoms with Crippen LogP contribution < -0.4 is 5.56 Å². The lowest BCUT2D eigenvalue weighted by Gasteiger charge is -2.33. The molecule has 3 fully saturated rings. The summed E-state index contributed by atoms with van der Waals surface area (Å²) in [6.45, 7) is 8.24. The molecule has 1 aliphatic carbocycles. The first-order valence-corrected chi connectivity index (χ1v) is 9.79. The molecule has 24 heavy (non-hydrogen) atoms. The minimum absolute atomic E-state index is 0.142. The van der Waals surface area contributed by atoms with Crippen LogP contribution >= 0.6 is 0 Å². The molecule has 4 rings (SSSR count). The zero-order chi connectivity index (χ0) is 16.4. The minimum atomic E-state index is 0.142. The summed E-state index contributed by atoms with van der Waals surface area (Å²) in [6, 6.07) is 1.77. The molecule has 0 unspecified atom stereocenters. The molecule has 1 aromatic heterocycles. The molecule has 5 heteroatoms. The SMILES string of the molecule is O=c1cc(C2CC2)ncn1CC1CCN(CCN2CCCC2)CC1. The molecular formula is C19H30N4O. The van der Waals surface area contributed by atoms with Gasteiger partial charge in [-0.2, -0.15) is 0 Å². The van der Waals surface area contributed by atoms with Crippen LogP contribution in [0, 0.1) is 5.92 Å². The van der Waals surface area contributed by atoms with Gasteiger partial charge in [0.1, 0.15) is 0 Å². The number of aromatic nitrogens is 2. The third-order valence-corrected chi connectivity index (χ3v) is 5.99. The predicted octanol–water partition coefficient (Wildman–Crippen LogP) is 1.93. The van der Waals surface area contributed by atoms with Crippen molar-refractivity contribution in [1.82, 2.24) is 19.4 Å². The topological polar surface area (TPSA) is 41.4 Å². The van der Waals surface area contributed by atoms with Gasteiger partial charge in [0, 0.05) is 31.6 Å². The maximum Gasteiger partial charge on any atom is 0.253 e. The summed E-state index contributed by atoms with van der Waals surface area (Å²) in [7, 11) is 0. The fraction of sp³-hybridized carbons (Fsp3) is 0.789.